The van der Waals surface area contributed by atoms with Crippen molar-refractivity contribution in [3.05, 3.63) is 84.0 Å². The number of hydrogen-bond donors (Lipinski definition) is 1. The number of fused-ring (bicyclic) bond motifs is 1. The molecule has 0 spiro atoms. The maximum Gasteiger partial charge on any atom is 0.0731 e. The van der Waals surface area contributed by atoms with Crippen molar-refractivity contribution in [3.63, 3.8) is 0 Å². The van der Waals surface area contributed by atoms with Crippen LogP contribution < -0.4 is 5.32 Å². The third kappa shape index (κ3) is 5.29. The van der Waals surface area contributed by atoms with Gasteiger partial charge in [0.2, 0.25) is 0 Å². The fraction of sp³-hybridized carbons (Fsp3) is 0.323. The first kappa shape index (κ1) is 25.8. The summed E-state index contributed by atoms with van der Waals surface area (Å²) in [6, 6.07) is 14.8. The van der Waals surface area contributed by atoms with E-state index >= 15 is 0 Å². The van der Waals surface area contributed by atoms with E-state index in [1.807, 2.05) is 25.3 Å². The average molecular weight is 501 g/mol. The van der Waals surface area contributed by atoms with Gasteiger partial charge in [-0.1, -0.05) is 69.0 Å². The van der Waals surface area contributed by atoms with E-state index in [9.17, 15) is 0 Å². The van der Waals surface area contributed by atoms with Crippen LogP contribution in [0.4, 0.5) is 5.69 Å². The van der Waals surface area contributed by atoms with E-state index in [0.29, 0.717) is 11.1 Å². The first-order chi connectivity index (χ1) is 17.4. The largest absolute Gasteiger partial charge is 0.388 e. The van der Waals surface area contributed by atoms with Gasteiger partial charge in [-0.05, 0) is 55.2 Å². The van der Waals surface area contributed by atoms with Gasteiger partial charge in [-0.25, -0.2) is 4.98 Å². The van der Waals surface area contributed by atoms with E-state index in [1.54, 1.807) is 0 Å². The lowest BCUT2D eigenvalue weighted by atomic mass is 10.0. The summed E-state index contributed by atoms with van der Waals surface area (Å²) in [7, 11) is 1.91. The molecule has 1 fully saturated rings. The third-order valence-corrected chi connectivity index (χ3v) is 7.48. The Morgan fingerprint density at radius 3 is 2.67 bits per heavy atom. The second-order valence-corrected chi connectivity index (χ2v) is 9.99. The summed E-state index contributed by atoms with van der Waals surface area (Å²) < 4.78 is 0. The lowest BCUT2D eigenvalue weighted by Gasteiger charge is -2.44. The Morgan fingerprint density at radius 2 is 1.97 bits per heavy atom. The van der Waals surface area contributed by atoms with Gasteiger partial charge in [-0.15, -0.1) is 0 Å². The Bertz CT molecular complexity index is 1300. The molecule has 2 aromatic carbocycles. The van der Waals surface area contributed by atoms with Gasteiger partial charge in [-0.2, -0.15) is 0 Å². The predicted molar refractivity (Wildman–Crippen MR) is 157 cm³/mol. The molecule has 4 nitrogen and oxygen atoms in total. The zero-order chi connectivity index (χ0) is 25.8. The monoisotopic (exact) mass is 500 g/mol. The molecular formula is C31H37ClN4. The molecule has 4 rings (SSSR count). The SMILES string of the molecule is C=Cc1cc(-c2cc(Cl)c3ccc(C(=C)N4CCN(C(=C)CCCC)C(C)C4)cc3n2)ccc1NC. The fourth-order valence-electron chi connectivity index (χ4n) is 5.01. The minimum Gasteiger partial charge on any atom is -0.388 e. The van der Waals surface area contributed by atoms with E-state index < -0.39 is 0 Å². The molecular weight excluding hydrogens is 464 g/mol. The zero-order valence-electron chi connectivity index (χ0n) is 21.8. The van der Waals surface area contributed by atoms with Crippen molar-refractivity contribution in [1.29, 1.82) is 0 Å². The number of aromatic nitrogens is 1. The highest BCUT2D eigenvalue weighted by molar-refractivity contribution is 6.35. The summed E-state index contributed by atoms with van der Waals surface area (Å²) >= 11 is 6.71. The van der Waals surface area contributed by atoms with Gasteiger partial charge in [0.05, 0.1) is 16.2 Å². The topological polar surface area (TPSA) is 31.4 Å². The van der Waals surface area contributed by atoms with Crippen LogP contribution in [-0.4, -0.2) is 47.5 Å². The Labute approximate surface area is 221 Å². The summed E-state index contributed by atoms with van der Waals surface area (Å²) in [4.78, 5) is 9.83. The molecule has 1 N–H and O–H groups in total. The number of unbranched alkanes of at least 4 members (excludes halogenated alkanes) is 1. The maximum absolute atomic E-state index is 6.71. The van der Waals surface area contributed by atoms with Crippen LogP contribution in [0.15, 0.2) is 67.9 Å². The number of piperazine rings is 1. The van der Waals surface area contributed by atoms with E-state index in [0.717, 1.165) is 70.7 Å². The summed E-state index contributed by atoms with van der Waals surface area (Å²) in [5.74, 6) is 0. The van der Waals surface area contributed by atoms with Crippen molar-refractivity contribution in [2.45, 2.75) is 39.2 Å². The molecule has 0 aliphatic carbocycles. The molecule has 3 aromatic rings. The molecule has 5 heteroatoms. The number of rotatable bonds is 9. The minimum absolute atomic E-state index is 0.402. The predicted octanol–water partition coefficient (Wildman–Crippen LogP) is 7.92. The Balaban J connectivity index is 1.58. The molecule has 0 radical (unpaired) electrons. The molecule has 1 atom stereocenters. The van der Waals surface area contributed by atoms with Gasteiger partial charge in [0.15, 0.2) is 0 Å². The summed E-state index contributed by atoms with van der Waals surface area (Å²) in [6.07, 6.45) is 5.32. The van der Waals surface area contributed by atoms with Gasteiger partial charge in [0.25, 0.3) is 0 Å². The second kappa shape index (κ2) is 11.2. The lowest BCUT2D eigenvalue weighted by molar-refractivity contribution is 0.149. The van der Waals surface area contributed by atoms with E-state index in [1.165, 1.54) is 18.5 Å². The molecule has 0 amide bonds. The molecule has 1 saturated heterocycles. The van der Waals surface area contributed by atoms with Crippen LogP contribution in [0.25, 0.3) is 33.9 Å². The normalized spacial score (nSPS) is 15.7. The van der Waals surface area contributed by atoms with Crippen molar-refractivity contribution < 1.29 is 0 Å². The van der Waals surface area contributed by atoms with Gasteiger partial charge in [0, 0.05) is 60.8 Å². The Morgan fingerprint density at radius 1 is 1.17 bits per heavy atom. The standard InChI is InChI=1S/C31H37ClN4/c1-7-9-10-21(3)36-16-15-35(20-22(36)4)23(5)25-11-13-27-28(32)19-30(34-31(27)18-25)26-12-14-29(33-6)24(8-2)17-26/h8,11-14,17-19,22,33H,2-3,5,7,9-10,15-16,20H2,1,4,6H3. The van der Waals surface area contributed by atoms with Crippen LogP contribution >= 0.6 is 11.6 Å². The number of allylic oxidation sites excluding steroid dienone is 1. The van der Waals surface area contributed by atoms with E-state index in [2.05, 4.69) is 79.0 Å². The van der Waals surface area contributed by atoms with Crippen molar-refractivity contribution >= 4 is 40.0 Å². The number of benzene rings is 2. The van der Waals surface area contributed by atoms with Gasteiger partial charge in [-0.3, -0.25) is 0 Å². The van der Waals surface area contributed by atoms with Crippen molar-refractivity contribution in [3.8, 4) is 11.3 Å². The number of hydrogen-bond acceptors (Lipinski definition) is 4. The molecule has 0 bridgehead atoms. The average Bonchev–Trinajstić information content (AvgIpc) is 2.90. The number of anilines is 1. The summed E-state index contributed by atoms with van der Waals surface area (Å²) in [5, 5.41) is 4.83. The van der Waals surface area contributed by atoms with Crippen LogP contribution in [0.3, 0.4) is 0 Å². The Hall–Kier alpha value is -3.24. The lowest BCUT2D eigenvalue weighted by Crippen LogP contribution is -2.50. The van der Waals surface area contributed by atoms with Gasteiger partial charge >= 0.3 is 0 Å². The molecule has 1 aromatic heterocycles. The summed E-state index contributed by atoms with van der Waals surface area (Å²) in [6.45, 7) is 20.1. The number of nitrogens with zero attached hydrogens (tertiary/aromatic N) is 3. The quantitative estimate of drug-likeness (QED) is 0.323. The molecule has 36 heavy (non-hydrogen) atoms. The molecule has 2 heterocycles. The Kier molecular flexibility index (Phi) is 8.05. The van der Waals surface area contributed by atoms with E-state index in [4.69, 9.17) is 16.6 Å². The number of nitrogens with one attached hydrogen (secondary N) is 1. The smallest absolute Gasteiger partial charge is 0.0731 e. The molecule has 1 aliphatic heterocycles. The summed E-state index contributed by atoms with van der Waals surface area (Å²) in [5.41, 5.74) is 8.13. The number of halogens is 1. The van der Waals surface area contributed by atoms with Crippen molar-refractivity contribution in [2.24, 2.45) is 0 Å². The first-order valence-electron chi connectivity index (χ1n) is 12.8. The highest BCUT2D eigenvalue weighted by atomic mass is 35.5. The van der Waals surface area contributed by atoms with Crippen molar-refractivity contribution in [2.75, 3.05) is 32.0 Å². The number of pyridine rings is 1. The minimum atomic E-state index is 0.402. The van der Waals surface area contributed by atoms with Crippen LogP contribution in [0, 0.1) is 0 Å². The van der Waals surface area contributed by atoms with Crippen LogP contribution in [-0.2, 0) is 0 Å². The van der Waals surface area contributed by atoms with E-state index in [-0.39, 0.29) is 0 Å². The molecule has 0 saturated carbocycles. The maximum atomic E-state index is 6.71. The van der Waals surface area contributed by atoms with Crippen LogP contribution in [0.5, 0.6) is 0 Å². The molecule has 1 aliphatic rings. The zero-order valence-corrected chi connectivity index (χ0v) is 22.5. The van der Waals surface area contributed by atoms with Gasteiger partial charge in [0.1, 0.15) is 0 Å². The van der Waals surface area contributed by atoms with Crippen LogP contribution in [0.1, 0.15) is 44.2 Å². The first-order valence-corrected chi connectivity index (χ1v) is 13.2. The molecule has 1 unspecified atom stereocenters. The highest BCUT2D eigenvalue weighted by Crippen LogP contribution is 2.33. The second-order valence-electron chi connectivity index (χ2n) is 9.58. The highest BCUT2D eigenvalue weighted by Gasteiger charge is 2.25. The van der Waals surface area contributed by atoms with Crippen LogP contribution in [0.2, 0.25) is 5.02 Å². The van der Waals surface area contributed by atoms with Gasteiger partial charge < -0.3 is 15.1 Å². The fourth-order valence-corrected chi connectivity index (χ4v) is 5.27. The van der Waals surface area contributed by atoms with Crippen molar-refractivity contribution in [1.82, 2.24) is 14.8 Å². The third-order valence-electron chi connectivity index (χ3n) is 7.16. The molecule has 188 valence electrons.